The lowest BCUT2D eigenvalue weighted by atomic mass is 9.99. The molecule has 0 amide bonds. The average molecular weight is 1760 g/mol. The van der Waals surface area contributed by atoms with E-state index in [4.69, 9.17) is 0 Å². The minimum atomic E-state index is 1.15. The van der Waals surface area contributed by atoms with E-state index in [1.807, 2.05) is 0 Å². The van der Waals surface area contributed by atoms with Crippen LogP contribution in [0.15, 0.2) is 534 Å². The van der Waals surface area contributed by atoms with Crippen LogP contribution in [0.5, 0.6) is 0 Å². The van der Waals surface area contributed by atoms with Crippen LogP contribution in [0.3, 0.4) is 0 Å². The van der Waals surface area contributed by atoms with Crippen LogP contribution in [0.25, 0.3) is 243 Å². The molecule has 0 bridgehead atoms. The fourth-order valence-corrected chi connectivity index (χ4v) is 22.0. The summed E-state index contributed by atoms with van der Waals surface area (Å²) in [5, 5.41) is 15.0. The molecule has 6 aromatic heterocycles. The quantitative estimate of drug-likeness (QED) is 0.110. The summed E-state index contributed by atoms with van der Waals surface area (Å²) < 4.78 is 14.7. The molecule has 138 heavy (non-hydrogen) atoms. The summed E-state index contributed by atoms with van der Waals surface area (Å²) in [5.74, 6) is 0. The smallest absolute Gasteiger partial charge is 0.0620 e. The molecular formula is C132H88N6. The van der Waals surface area contributed by atoms with E-state index in [0.29, 0.717) is 0 Å². The Morgan fingerprint density at radius 1 is 0.0942 bits per heavy atom. The second-order valence-corrected chi connectivity index (χ2v) is 35.7. The summed E-state index contributed by atoms with van der Waals surface area (Å²) in [7, 11) is 0. The highest BCUT2D eigenvalue weighted by Crippen LogP contribution is 2.49. The predicted molar refractivity (Wildman–Crippen MR) is 583 cm³/mol. The molecule has 0 aliphatic heterocycles. The molecule has 0 aliphatic rings. The van der Waals surface area contributed by atoms with Gasteiger partial charge < -0.3 is 27.4 Å². The van der Waals surface area contributed by atoms with Crippen LogP contribution < -0.4 is 0 Å². The molecule has 646 valence electrons. The second kappa shape index (κ2) is 34.0. The number of aromatic nitrogens is 6. The number of nitrogens with zero attached hydrogens (tertiary/aromatic N) is 6. The van der Waals surface area contributed by atoms with E-state index in [1.54, 1.807) is 0 Å². The number of para-hydroxylation sites is 14. The highest BCUT2D eigenvalue weighted by molar-refractivity contribution is 6.23. The number of benzene rings is 22. The molecule has 28 aromatic rings. The van der Waals surface area contributed by atoms with Gasteiger partial charge in [-0.25, -0.2) is 0 Å². The lowest BCUT2D eigenvalue weighted by Crippen LogP contribution is -1.98. The Bertz CT molecular complexity index is 9530. The SMILES string of the molecule is c1ccc(-c2ccc(-n3c4ccccc4c4cccc(-c5cccc6c7ccccc7n(-c7cccc(-c8ccccc8)c7)c56)c43)cc2)cc1.c1ccc(-c2ccc(-n3c4ccccc4c4cccc(-c5cccc6c7ccccc7n(-c7ccccc7)c56)c43)cc2)cc1.c1ccc(-c2cccc(-n3c4ccccc4c4cccc(-c5cccc6c7ccccc7n(-c7ccccc7)c56)c43)c2)cc1. The van der Waals surface area contributed by atoms with E-state index >= 15 is 0 Å². The van der Waals surface area contributed by atoms with Gasteiger partial charge in [-0.05, 0) is 154 Å². The first kappa shape index (κ1) is 80.5. The average Bonchev–Trinajstić information content (AvgIpc) is 1.56. The molecule has 0 atom stereocenters. The van der Waals surface area contributed by atoms with Crippen molar-refractivity contribution in [3.05, 3.63) is 534 Å². The largest absolute Gasteiger partial charge is 0.309 e. The summed E-state index contributed by atoms with van der Waals surface area (Å²) in [6.07, 6.45) is 0. The first-order valence-electron chi connectivity index (χ1n) is 47.5. The monoisotopic (exact) mass is 1760 g/mol. The van der Waals surface area contributed by atoms with Crippen molar-refractivity contribution in [3.8, 4) is 112 Å². The fraction of sp³-hybridized carbons (Fsp3) is 0. The molecule has 0 N–H and O–H groups in total. The Morgan fingerprint density at radius 2 is 0.246 bits per heavy atom. The van der Waals surface area contributed by atoms with Crippen molar-refractivity contribution >= 4 is 131 Å². The standard InChI is InChI=1S/C48H32N2.2C42H28N2/c1-3-14-33(15-4-1)35-28-30-37(31-29-35)49-45-26-9-7-20-39(45)41-22-12-24-43(47(41)49)44-25-13-23-42-40-21-8-10-27-46(40)50(48(42)44)38-19-11-18-36(32-38)34-16-5-2-6-17-34;1-3-14-29(15-4-1)30-16-11-19-32(28-30)44-40-27-10-8-21-34(40)36-23-13-25-38(42(36)44)37-24-12-22-35-33-20-7-9-26-39(33)43(41(35)37)31-17-5-2-6-18-31;1-3-13-29(14-4-1)30-25-27-32(28-26-30)44-40-24-10-8-18-34(40)36-20-12-22-38(42(36)44)37-21-11-19-35-33-17-7-9-23-39(33)43(41(35)37)31-15-5-2-6-16-31/h1-32H;2*1-28H. The molecule has 28 rings (SSSR count). The van der Waals surface area contributed by atoms with Crippen molar-refractivity contribution in [2.75, 3.05) is 0 Å². The predicted octanol–water partition coefficient (Wildman–Crippen LogP) is 35.3. The van der Waals surface area contributed by atoms with Gasteiger partial charge in [-0.1, -0.05) is 425 Å². The molecule has 6 heteroatoms. The van der Waals surface area contributed by atoms with Crippen LogP contribution >= 0.6 is 0 Å². The van der Waals surface area contributed by atoms with Crippen molar-refractivity contribution in [2.45, 2.75) is 0 Å². The Hall–Kier alpha value is -18.4. The summed E-state index contributed by atoms with van der Waals surface area (Å²) in [5.41, 5.74) is 38.5. The van der Waals surface area contributed by atoms with Crippen LogP contribution in [0.1, 0.15) is 0 Å². The molecule has 6 nitrogen and oxygen atoms in total. The summed E-state index contributed by atoms with van der Waals surface area (Å²) in [6.45, 7) is 0. The zero-order valence-electron chi connectivity index (χ0n) is 75.5. The van der Waals surface area contributed by atoms with Gasteiger partial charge in [0.15, 0.2) is 0 Å². The van der Waals surface area contributed by atoms with E-state index < -0.39 is 0 Å². The summed E-state index contributed by atoms with van der Waals surface area (Å²) >= 11 is 0. The number of rotatable bonds is 13. The van der Waals surface area contributed by atoms with Gasteiger partial charge >= 0.3 is 0 Å². The molecule has 6 heterocycles. The topological polar surface area (TPSA) is 29.6 Å². The maximum atomic E-state index is 2.47. The first-order chi connectivity index (χ1) is 68.6. The number of hydrogen-bond donors (Lipinski definition) is 0. The normalized spacial score (nSPS) is 11.6. The third-order valence-electron chi connectivity index (χ3n) is 28.0. The summed E-state index contributed by atoms with van der Waals surface area (Å²) in [6, 6.07) is 193. The maximum Gasteiger partial charge on any atom is 0.0620 e. The van der Waals surface area contributed by atoms with Crippen molar-refractivity contribution in [1.82, 2.24) is 27.4 Å². The lowest BCUT2D eigenvalue weighted by Gasteiger charge is -2.16. The third-order valence-corrected chi connectivity index (χ3v) is 28.0. The Balaban J connectivity index is 0.000000107. The van der Waals surface area contributed by atoms with E-state index in [0.717, 1.165) is 34.1 Å². The molecule has 0 saturated carbocycles. The van der Waals surface area contributed by atoms with Gasteiger partial charge in [0.2, 0.25) is 0 Å². The Labute approximate surface area is 798 Å². The van der Waals surface area contributed by atoms with Gasteiger partial charge in [0.1, 0.15) is 0 Å². The van der Waals surface area contributed by atoms with E-state index in [9.17, 15) is 0 Å². The second-order valence-electron chi connectivity index (χ2n) is 35.7. The summed E-state index contributed by atoms with van der Waals surface area (Å²) in [4.78, 5) is 0. The number of hydrogen-bond acceptors (Lipinski definition) is 0. The van der Waals surface area contributed by atoms with Crippen LogP contribution in [-0.4, -0.2) is 27.4 Å². The van der Waals surface area contributed by atoms with E-state index in [1.165, 1.54) is 209 Å². The molecule has 0 spiro atoms. The Kier molecular flexibility index (Phi) is 19.9. The van der Waals surface area contributed by atoms with E-state index in [2.05, 4.69) is 561 Å². The molecule has 0 fully saturated rings. The number of fused-ring (bicyclic) bond motifs is 18. The van der Waals surface area contributed by atoms with Gasteiger partial charge in [-0.3, -0.25) is 0 Å². The van der Waals surface area contributed by atoms with Crippen LogP contribution in [0.2, 0.25) is 0 Å². The molecular weight excluding hydrogens is 1670 g/mol. The highest BCUT2D eigenvalue weighted by Gasteiger charge is 2.27. The van der Waals surface area contributed by atoms with Crippen molar-refractivity contribution in [1.29, 1.82) is 0 Å². The van der Waals surface area contributed by atoms with Gasteiger partial charge in [-0.15, -0.1) is 0 Å². The fourth-order valence-electron chi connectivity index (χ4n) is 22.0. The van der Waals surface area contributed by atoms with Crippen LogP contribution in [0, 0.1) is 0 Å². The first-order valence-corrected chi connectivity index (χ1v) is 47.5. The van der Waals surface area contributed by atoms with Crippen LogP contribution in [-0.2, 0) is 0 Å². The van der Waals surface area contributed by atoms with Gasteiger partial charge in [0, 0.05) is 132 Å². The lowest BCUT2D eigenvalue weighted by molar-refractivity contribution is 1.17. The highest BCUT2D eigenvalue weighted by atomic mass is 15.0. The zero-order valence-corrected chi connectivity index (χ0v) is 75.5. The van der Waals surface area contributed by atoms with E-state index in [-0.39, 0.29) is 0 Å². The van der Waals surface area contributed by atoms with Gasteiger partial charge in [-0.2, -0.15) is 0 Å². The zero-order chi connectivity index (χ0) is 91.1. The van der Waals surface area contributed by atoms with Gasteiger partial charge in [0.25, 0.3) is 0 Å². The Morgan fingerprint density at radius 3 is 0.478 bits per heavy atom. The molecule has 22 aromatic carbocycles. The third kappa shape index (κ3) is 13.6. The van der Waals surface area contributed by atoms with Crippen molar-refractivity contribution in [3.63, 3.8) is 0 Å². The molecule has 0 saturated heterocycles. The molecule has 0 unspecified atom stereocenters. The molecule has 0 radical (unpaired) electrons. The minimum Gasteiger partial charge on any atom is -0.309 e. The molecule has 0 aliphatic carbocycles. The van der Waals surface area contributed by atoms with Crippen molar-refractivity contribution in [2.24, 2.45) is 0 Å². The van der Waals surface area contributed by atoms with Gasteiger partial charge in [0.05, 0.1) is 66.2 Å². The van der Waals surface area contributed by atoms with Crippen LogP contribution in [0.4, 0.5) is 0 Å². The minimum absolute atomic E-state index is 1.15. The maximum absolute atomic E-state index is 2.47. The van der Waals surface area contributed by atoms with Crippen molar-refractivity contribution < 1.29 is 0 Å².